The molecule has 8 heteroatoms. The van der Waals surface area contributed by atoms with Crippen LogP contribution in [0.2, 0.25) is 0 Å². The van der Waals surface area contributed by atoms with E-state index in [0.29, 0.717) is 30.0 Å². The summed E-state index contributed by atoms with van der Waals surface area (Å²) in [6, 6.07) is 21.7. The molecule has 0 unspecified atom stereocenters. The van der Waals surface area contributed by atoms with Crippen molar-refractivity contribution < 1.29 is 18.0 Å². The first-order valence-corrected chi connectivity index (χ1v) is 12.5. The Bertz CT molecular complexity index is 1260. The van der Waals surface area contributed by atoms with Crippen LogP contribution in [0.3, 0.4) is 0 Å². The van der Waals surface area contributed by atoms with Gasteiger partial charge in [-0.3, -0.25) is 13.9 Å². The maximum Gasteiger partial charge on any atom is 0.264 e. The minimum Gasteiger partial charge on any atom is -0.339 e. The van der Waals surface area contributed by atoms with Crippen molar-refractivity contribution in [2.24, 2.45) is 0 Å². The molecule has 34 heavy (non-hydrogen) atoms. The van der Waals surface area contributed by atoms with Crippen molar-refractivity contribution in [2.45, 2.75) is 25.7 Å². The van der Waals surface area contributed by atoms with Crippen LogP contribution in [0.5, 0.6) is 0 Å². The Morgan fingerprint density at radius 2 is 1.50 bits per heavy atom. The smallest absolute Gasteiger partial charge is 0.264 e. The topological polar surface area (TPSA) is 86.8 Å². The van der Waals surface area contributed by atoms with Crippen LogP contribution in [0.25, 0.3) is 0 Å². The molecule has 178 valence electrons. The zero-order valence-corrected chi connectivity index (χ0v) is 20.4. The Hall–Kier alpha value is -3.65. The summed E-state index contributed by atoms with van der Waals surface area (Å²) in [5.74, 6) is -0.755. The van der Waals surface area contributed by atoms with Gasteiger partial charge in [-0.05, 0) is 62.7 Å². The number of aryl methyl sites for hydroxylation is 1. The van der Waals surface area contributed by atoms with Gasteiger partial charge < -0.3 is 10.2 Å². The van der Waals surface area contributed by atoms with E-state index >= 15 is 0 Å². The fourth-order valence-corrected chi connectivity index (χ4v) is 5.03. The van der Waals surface area contributed by atoms with Gasteiger partial charge >= 0.3 is 0 Å². The molecule has 0 atom stereocenters. The third-order valence-electron chi connectivity index (χ3n) is 5.39. The number of hydrogen-bond donors (Lipinski definition) is 1. The van der Waals surface area contributed by atoms with E-state index in [1.54, 1.807) is 65.6 Å². The summed E-state index contributed by atoms with van der Waals surface area (Å²) in [6.45, 7) is 6.25. The van der Waals surface area contributed by atoms with Crippen molar-refractivity contribution in [2.75, 3.05) is 29.3 Å². The van der Waals surface area contributed by atoms with E-state index in [9.17, 15) is 18.0 Å². The lowest BCUT2D eigenvalue weighted by molar-refractivity contribution is -0.114. The molecule has 3 aromatic carbocycles. The Morgan fingerprint density at radius 1 is 0.853 bits per heavy atom. The van der Waals surface area contributed by atoms with Crippen molar-refractivity contribution in [1.29, 1.82) is 0 Å². The molecule has 0 saturated heterocycles. The molecule has 3 rings (SSSR count). The quantitative estimate of drug-likeness (QED) is 0.495. The molecular formula is C26H29N3O4S. The fraction of sp³-hybridized carbons (Fsp3) is 0.231. The second-order valence-corrected chi connectivity index (χ2v) is 9.60. The van der Waals surface area contributed by atoms with Crippen molar-refractivity contribution in [3.63, 3.8) is 0 Å². The van der Waals surface area contributed by atoms with Gasteiger partial charge in [-0.25, -0.2) is 8.42 Å². The van der Waals surface area contributed by atoms with E-state index in [4.69, 9.17) is 0 Å². The van der Waals surface area contributed by atoms with Crippen molar-refractivity contribution in [3.05, 3.63) is 90.0 Å². The first kappa shape index (κ1) is 25.0. The first-order chi connectivity index (χ1) is 16.3. The molecule has 0 aliphatic carbocycles. The Balaban J connectivity index is 1.93. The Labute approximate surface area is 201 Å². The van der Waals surface area contributed by atoms with E-state index in [1.807, 2.05) is 26.8 Å². The number of amides is 2. The number of nitrogens with one attached hydrogen (secondary N) is 1. The summed E-state index contributed by atoms with van der Waals surface area (Å²) >= 11 is 0. The van der Waals surface area contributed by atoms with Crippen LogP contribution in [0, 0.1) is 6.92 Å². The van der Waals surface area contributed by atoms with Crippen LogP contribution in [-0.2, 0) is 14.8 Å². The molecule has 1 N–H and O–H groups in total. The van der Waals surface area contributed by atoms with Crippen molar-refractivity contribution in [3.8, 4) is 0 Å². The second kappa shape index (κ2) is 11.0. The number of hydrogen-bond acceptors (Lipinski definition) is 4. The molecular weight excluding hydrogens is 450 g/mol. The number of carbonyl (C=O) groups excluding carboxylic acids is 2. The summed E-state index contributed by atoms with van der Waals surface area (Å²) in [7, 11) is -4.01. The first-order valence-electron chi connectivity index (χ1n) is 11.1. The van der Waals surface area contributed by atoms with Crippen LogP contribution in [0.4, 0.5) is 11.4 Å². The predicted octanol–water partition coefficient (Wildman–Crippen LogP) is 4.31. The highest BCUT2D eigenvalue weighted by atomic mass is 32.2. The highest BCUT2D eigenvalue weighted by Gasteiger charge is 2.28. The van der Waals surface area contributed by atoms with Crippen LogP contribution in [0.15, 0.2) is 83.8 Å². The summed E-state index contributed by atoms with van der Waals surface area (Å²) in [4.78, 5) is 27.7. The number of anilines is 2. The number of benzene rings is 3. The molecule has 0 aliphatic heterocycles. The minimum absolute atomic E-state index is 0.0846. The van der Waals surface area contributed by atoms with Gasteiger partial charge in [0.1, 0.15) is 6.54 Å². The maximum absolute atomic E-state index is 13.5. The second-order valence-electron chi connectivity index (χ2n) is 7.73. The zero-order chi connectivity index (χ0) is 24.7. The summed E-state index contributed by atoms with van der Waals surface area (Å²) in [5.41, 5.74) is 1.94. The molecule has 0 fully saturated rings. The average Bonchev–Trinajstić information content (AvgIpc) is 2.84. The van der Waals surface area contributed by atoms with Gasteiger partial charge in [0.25, 0.3) is 15.9 Å². The van der Waals surface area contributed by atoms with Gasteiger partial charge in [0.05, 0.1) is 21.8 Å². The molecule has 7 nitrogen and oxygen atoms in total. The molecule has 0 radical (unpaired) electrons. The van der Waals surface area contributed by atoms with Gasteiger partial charge in [0, 0.05) is 13.1 Å². The average molecular weight is 480 g/mol. The van der Waals surface area contributed by atoms with E-state index in [1.165, 1.54) is 12.1 Å². The maximum atomic E-state index is 13.5. The number of nitrogens with zero attached hydrogens (tertiary/aromatic N) is 2. The molecule has 0 aliphatic rings. The SMILES string of the molecule is CCN(CC)C(=O)c1ccccc1NC(=O)CN(c1cccc(C)c1)S(=O)(=O)c1ccccc1. The van der Waals surface area contributed by atoms with Crippen molar-refractivity contribution >= 4 is 33.2 Å². The highest BCUT2D eigenvalue weighted by Crippen LogP contribution is 2.25. The third kappa shape index (κ3) is 5.63. The summed E-state index contributed by atoms with van der Waals surface area (Å²) in [6.07, 6.45) is 0. The predicted molar refractivity (Wildman–Crippen MR) is 134 cm³/mol. The van der Waals surface area contributed by atoms with Gasteiger partial charge in [0.15, 0.2) is 0 Å². The molecule has 0 aromatic heterocycles. The minimum atomic E-state index is -4.01. The lowest BCUT2D eigenvalue weighted by Gasteiger charge is -2.25. The largest absolute Gasteiger partial charge is 0.339 e. The van der Waals surface area contributed by atoms with Gasteiger partial charge in [0.2, 0.25) is 5.91 Å². The third-order valence-corrected chi connectivity index (χ3v) is 7.18. The van der Waals surface area contributed by atoms with E-state index < -0.39 is 22.5 Å². The van der Waals surface area contributed by atoms with Gasteiger partial charge in [-0.15, -0.1) is 0 Å². The Kier molecular flexibility index (Phi) is 8.07. The van der Waals surface area contributed by atoms with Crippen LogP contribution in [0.1, 0.15) is 29.8 Å². The van der Waals surface area contributed by atoms with Gasteiger partial charge in [-0.2, -0.15) is 0 Å². The lowest BCUT2D eigenvalue weighted by atomic mass is 10.1. The number of para-hydroxylation sites is 1. The van der Waals surface area contributed by atoms with E-state index in [2.05, 4.69) is 5.32 Å². The van der Waals surface area contributed by atoms with Crippen molar-refractivity contribution in [1.82, 2.24) is 4.90 Å². The molecule has 0 bridgehead atoms. The molecule has 0 saturated carbocycles. The number of rotatable bonds is 9. The molecule has 3 aromatic rings. The number of carbonyl (C=O) groups is 2. The van der Waals surface area contributed by atoms with E-state index in [0.717, 1.165) is 9.87 Å². The summed E-state index contributed by atoms with van der Waals surface area (Å²) < 4.78 is 28.0. The van der Waals surface area contributed by atoms with Gasteiger partial charge in [-0.1, -0.05) is 42.5 Å². The fourth-order valence-electron chi connectivity index (χ4n) is 3.60. The molecule has 0 heterocycles. The lowest BCUT2D eigenvalue weighted by Crippen LogP contribution is -2.38. The standard InChI is InChI=1S/C26H29N3O4S/c1-4-28(5-2)26(31)23-16-9-10-17-24(23)27-25(30)19-29(21-13-11-12-20(3)18-21)34(32,33)22-14-7-6-8-15-22/h6-18H,4-5,19H2,1-3H3,(H,27,30). The van der Waals surface area contributed by atoms with Crippen LogP contribution < -0.4 is 9.62 Å². The zero-order valence-electron chi connectivity index (χ0n) is 19.6. The Morgan fingerprint density at radius 3 is 2.15 bits per heavy atom. The highest BCUT2D eigenvalue weighted by molar-refractivity contribution is 7.92. The molecule has 0 spiro atoms. The number of sulfonamides is 1. The normalized spacial score (nSPS) is 11.0. The summed E-state index contributed by atoms with van der Waals surface area (Å²) in [5, 5.41) is 2.74. The van der Waals surface area contributed by atoms with E-state index in [-0.39, 0.29) is 10.8 Å². The van der Waals surface area contributed by atoms with Crippen LogP contribution >= 0.6 is 0 Å². The monoisotopic (exact) mass is 479 g/mol. The van der Waals surface area contributed by atoms with Crippen LogP contribution in [-0.4, -0.2) is 44.8 Å². The molecule has 2 amide bonds.